The van der Waals surface area contributed by atoms with Crippen LogP contribution < -0.4 is 0 Å². The first kappa shape index (κ1) is 13.6. The van der Waals surface area contributed by atoms with E-state index in [2.05, 4.69) is 36.8 Å². The Labute approximate surface area is 120 Å². The molecule has 0 amide bonds. The molecule has 2 aromatic rings. The lowest BCUT2D eigenvalue weighted by Crippen LogP contribution is -2.45. The molecule has 1 unspecified atom stereocenters. The summed E-state index contributed by atoms with van der Waals surface area (Å²) in [5, 5.41) is 4.64. The van der Waals surface area contributed by atoms with Crippen molar-refractivity contribution in [2.45, 2.75) is 58.5 Å². The predicted octanol–water partition coefficient (Wildman–Crippen LogP) is 2.84. The molecule has 108 valence electrons. The Morgan fingerprint density at radius 2 is 2.20 bits per heavy atom. The van der Waals surface area contributed by atoms with Crippen molar-refractivity contribution in [1.29, 1.82) is 0 Å². The van der Waals surface area contributed by atoms with Gasteiger partial charge in [0.05, 0.1) is 0 Å². The SMILES string of the molecule is Cc1cccn2nc(CC3CCCCN3C(C)C)nc12. The van der Waals surface area contributed by atoms with Crippen LogP contribution in [0.3, 0.4) is 0 Å². The van der Waals surface area contributed by atoms with Crippen molar-refractivity contribution >= 4 is 5.65 Å². The largest absolute Gasteiger partial charge is 0.298 e. The number of hydrogen-bond acceptors (Lipinski definition) is 3. The molecule has 4 heteroatoms. The van der Waals surface area contributed by atoms with Gasteiger partial charge in [0, 0.05) is 24.7 Å². The van der Waals surface area contributed by atoms with E-state index in [0.29, 0.717) is 12.1 Å². The van der Waals surface area contributed by atoms with E-state index in [1.165, 1.54) is 31.4 Å². The quantitative estimate of drug-likeness (QED) is 0.861. The molecule has 1 saturated heterocycles. The maximum atomic E-state index is 4.73. The van der Waals surface area contributed by atoms with Crippen LogP contribution in [-0.4, -0.2) is 38.1 Å². The average molecular weight is 272 g/mol. The Bertz CT molecular complexity index is 587. The van der Waals surface area contributed by atoms with Crippen LogP contribution >= 0.6 is 0 Å². The van der Waals surface area contributed by atoms with Gasteiger partial charge in [-0.1, -0.05) is 12.5 Å². The first-order chi connectivity index (χ1) is 9.65. The number of pyridine rings is 1. The highest BCUT2D eigenvalue weighted by Crippen LogP contribution is 2.22. The van der Waals surface area contributed by atoms with Crippen molar-refractivity contribution in [3.8, 4) is 0 Å². The molecule has 4 nitrogen and oxygen atoms in total. The van der Waals surface area contributed by atoms with Crippen molar-refractivity contribution in [2.24, 2.45) is 0 Å². The van der Waals surface area contributed by atoms with E-state index in [0.717, 1.165) is 17.9 Å². The summed E-state index contributed by atoms with van der Waals surface area (Å²) in [6, 6.07) is 5.33. The molecule has 0 saturated carbocycles. The van der Waals surface area contributed by atoms with Gasteiger partial charge in [-0.25, -0.2) is 9.50 Å². The molecule has 0 radical (unpaired) electrons. The summed E-state index contributed by atoms with van der Waals surface area (Å²) in [7, 11) is 0. The molecule has 20 heavy (non-hydrogen) atoms. The maximum Gasteiger partial charge on any atom is 0.158 e. The fraction of sp³-hybridized carbons (Fsp3) is 0.625. The molecule has 0 N–H and O–H groups in total. The third-order valence-electron chi connectivity index (χ3n) is 4.36. The molecule has 2 aromatic heterocycles. The molecule has 1 aliphatic heterocycles. The van der Waals surface area contributed by atoms with Gasteiger partial charge >= 0.3 is 0 Å². The summed E-state index contributed by atoms with van der Waals surface area (Å²) in [6.07, 6.45) is 6.89. The number of piperidine rings is 1. The zero-order chi connectivity index (χ0) is 14.1. The lowest BCUT2D eigenvalue weighted by atomic mass is 9.97. The summed E-state index contributed by atoms with van der Waals surface area (Å²) in [6.45, 7) is 7.89. The molecule has 1 atom stereocenters. The molecule has 1 fully saturated rings. The Morgan fingerprint density at radius 1 is 1.35 bits per heavy atom. The van der Waals surface area contributed by atoms with E-state index in [1.54, 1.807) is 0 Å². The summed E-state index contributed by atoms with van der Waals surface area (Å²) < 4.78 is 1.91. The highest BCUT2D eigenvalue weighted by atomic mass is 15.3. The highest BCUT2D eigenvalue weighted by molar-refractivity contribution is 5.45. The topological polar surface area (TPSA) is 33.4 Å². The van der Waals surface area contributed by atoms with Crippen LogP contribution in [-0.2, 0) is 6.42 Å². The Hall–Kier alpha value is -1.42. The normalized spacial score (nSPS) is 20.9. The van der Waals surface area contributed by atoms with Gasteiger partial charge in [-0.05, 0) is 51.8 Å². The molecule has 0 aliphatic carbocycles. The Morgan fingerprint density at radius 3 is 2.95 bits per heavy atom. The average Bonchev–Trinajstić information content (AvgIpc) is 2.83. The Balaban J connectivity index is 1.82. The molecule has 1 aliphatic rings. The first-order valence-corrected chi connectivity index (χ1v) is 7.72. The molecule has 0 aromatic carbocycles. The maximum absolute atomic E-state index is 4.73. The van der Waals surface area contributed by atoms with Crippen molar-refractivity contribution in [1.82, 2.24) is 19.5 Å². The summed E-state index contributed by atoms with van der Waals surface area (Å²) in [5.74, 6) is 0.983. The standard InChI is InChI=1S/C16H24N4/c1-12(2)19-9-5-4-8-14(19)11-15-17-16-13(3)7-6-10-20(16)18-15/h6-7,10,12,14H,4-5,8-9,11H2,1-3H3. The van der Waals surface area contributed by atoms with E-state index in [9.17, 15) is 0 Å². The van der Waals surface area contributed by atoms with Crippen LogP contribution in [0.1, 0.15) is 44.5 Å². The fourth-order valence-corrected chi connectivity index (χ4v) is 3.30. The lowest BCUT2D eigenvalue weighted by Gasteiger charge is -2.38. The van der Waals surface area contributed by atoms with E-state index < -0.39 is 0 Å². The van der Waals surface area contributed by atoms with Crippen LogP contribution in [0.25, 0.3) is 5.65 Å². The van der Waals surface area contributed by atoms with Crippen LogP contribution in [0.2, 0.25) is 0 Å². The van der Waals surface area contributed by atoms with Crippen LogP contribution in [0, 0.1) is 6.92 Å². The molecular weight excluding hydrogens is 248 g/mol. The number of aromatic nitrogens is 3. The highest BCUT2D eigenvalue weighted by Gasteiger charge is 2.25. The minimum Gasteiger partial charge on any atom is -0.298 e. The number of likely N-dealkylation sites (tertiary alicyclic amines) is 1. The minimum atomic E-state index is 0.599. The van der Waals surface area contributed by atoms with Gasteiger partial charge in [0.2, 0.25) is 0 Å². The second kappa shape index (κ2) is 5.52. The second-order valence-electron chi connectivity index (χ2n) is 6.17. The fourth-order valence-electron chi connectivity index (χ4n) is 3.30. The van der Waals surface area contributed by atoms with Crippen molar-refractivity contribution < 1.29 is 0 Å². The van der Waals surface area contributed by atoms with Gasteiger partial charge in [-0.3, -0.25) is 4.90 Å². The molecule has 3 rings (SSSR count). The molecule has 0 spiro atoms. The van der Waals surface area contributed by atoms with E-state index in [1.807, 2.05) is 16.8 Å². The van der Waals surface area contributed by atoms with Crippen LogP contribution in [0.4, 0.5) is 0 Å². The van der Waals surface area contributed by atoms with Gasteiger partial charge < -0.3 is 0 Å². The van der Waals surface area contributed by atoms with Crippen LogP contribution in [0.5, 0.6) is 0 Å². The van der Waals surface area contributed by atoms with E-state index in [4.69, 9.17) is 4.98 Å². The predicted molar refractivity (Wildman–Crippen MR) is 80.9 cm³/mol. The van der Waals surface area contributed by atoms with E-state index in [-0.39, 0.29) is 0 Å². The molecule has 3 heterocycles. The van der Waals surface area contributed by atoms with Crippen molar-refractivity contribution in [3.63, 3.8) is 0 Å². The third kappa shape index (κ3) is 2.57. The molecule has 0 bridgehead atoms. The first-order valence-electron chi connectivity index (χ1n) is 7.72. The number of aryl methyl sites for hydroxylation is 1. The van der Waals surface area contributed by atoms with Crippen molar-refractivity contribution in [3.05, 3.63) is 29.7 Å². The number of rotatable bonds is 3. The lowest BCUT2D eigenvalue weighted by molar-refractivity contribution is 0.110. The number of fused-ring (bicyclic) bond motifs is 1. The minimum absolute atomic E-state index is 0.599. The summed E-state index contributed by atoms with van der Waals surface area (Å²) in [4.78, 5) is 7.34. The van der Waals surface area contributed by atoms with E-state index >= 15 is 0 Å². The zero-order valence-electron chi connectivity index (χ0n) is 12.7. The smallest absolute Gasteiger partial charge is 0.158 e. The van der Waals surface area contributed by atoms with Gasteiger partial charge in [0.1, 0.15) is 0 Å². The Kier molecular flexibility index (Phi) is 3.74. The van der Waals surface area contributed by atoms with Gasteiger partial charge in [-0.2, -0.15) is 5.10 Å². The van der Waals surface area contributed by atoms with Gasteiger partial charge in [-0.15, -0.1) is 0 Å². The zero-order valence-corrected chi connectivity index (χ0v) is 12.7. The number of nitrogens with zero attached hydrogens (tertiary/aromatic N) is 4. The molecular formula is C16H24N4. The monoisotopic (exact) mass is 272 g/mol. The summed E-state index contributed by atoms with van der Waals surface area (Å²) in [5.41, 5.74) is 2.19. The number of hydrogen-bond donors (Lipinski definition) is 0. The van der Waals surface area contributed by atoms with Crippen molar-refractivity contribution in [2.75, 3.05) is 6.54 Å². The summed E-state index contributed by atoms with van der Waals surface area (Å²) >= 11 is 0. The van der Waals surface area contributed by atoms with Crippen LogP contribution in [0.15, 0.2) is 18.3 Å². The third-order valence-corrected chi connectivity index (χ3v) is 4.36. The second-order valence-corrected chi connectivity index (χ2v) is 6.17. The van der Waals surface area contributed by atoms with Gasteiger partial charge in [0.15, 0.2) is 11.5 Å². The van der Waals surface area contributed by atoms with Gasteiger partial charge in [0.25, 0.3) is 0 Å².